The molecule has 0 aliphatic carbocycles. The Kier molecular flexibility index (Phi) is 5.15. The van der Waals surface area contributed by atoms with Crippen molar-refractivity contribution in [3.05, 3.63) is 29.8 Å². The van der Waals surface area contributed by atoms with Crippen LogP contribution in [0.5, 0.6) is 0 Å². The molecule has 0 bridgehead atoms. The molecule has 0 radical (unpaired) electrons. The normalized spacial score (nSPS) is 21.6. The Morgan fingerprint density at radius 1 is 1.20 bits per heavy atom. The highest BCUT2D eigenvalue weighted by atomic mass is 32.2. The zero-order valence-electron chi connectivity index (χ0n) is 11.5. The zero-order chi connectivity index (χ0) is 14.6. The lowest BCUT2D eigenvalue weighted by molar-refractivity contribution is 0.186. The van der Waals surface area contributed by atoms with E-state index in [9.17, 15) is 13.5 Å². The molecule has 20 heavy (non-hydrogen) atoms. The topological polar surface area (TPSA) is 83.6 Å². The van der Waals surface area contributed by atoms with Crippen LogP contribution in [0.15, 0.2) is 29.2 Å². The van der Waals surface area contributed by atoms with Gasteiger partial charge in [0.2, 0.25) is 10.0 Å². The molecule has 2 rings (SSSR count). The molecule has 1 heterocycles. The highest BCUT2D eigenvalue weighted by Crippen LogP contribution is 2.24. The number of aliphatic hydroxyl groups excluding tert-OH is 1. The molecule has 0 saturated carbocycles. The predicted octanol–water partition coefficient (Wildman–Crippen LogP) is 1.07. The average Bonchev–Trinajstić information content (AvgIpc) is 2.73. The van der Waals surface area contributed by atoms with Crippen molar-refractivity contribution in [2.24, 2.45) is 5.73 Å². The average molecular weight is 298 g/mol. The standard InChI is InChI=1S/C14H22N2O3S/c15-10-12-5-7-14(8-6-12)20(18,19)16-9-3-1-2-4-13(16)11-17/h5-8,13,17H,1-4,9-11,15H2. The van der Waals surface area contributed by atoms with Crippen molar-refractivity contribution in [1.82, 2.24) is 4.31 Å². The van der Waals surface area contributed by atoms with Gasteiger partial charge in [0.15, 0.2) is 0 Å². The molecule has 112 valence electrons. The number of benzene rings is 1. The van der Waals surface area contributed by atoms with Crippen molar-refractivity contribution in [2.75, 3.05) is 13.2 Å². The zero-order valence-corrected chi connectivity index (χ0v) is 12.3. The Balaban J connectivity index is 2.30. The monoisotopic (exact) mass is 298 g/mol. The minimum absolute atomic E-state index is 0.125. The third-order valence-corrected chi connectivity index (χ3v) is 5.77. The predicted molar refractivity (Wildman–Crippen MR) is 77.6 cm³/mol. The van der Waals surface area contributed by atoms with Gasteiger partial charge in [-0.3, -0.25) is 0 Å². The summed E-state index contributed by atoms with van der Waals surface area (Å²) >= 11 is 0. The first-order valence-electron chi connectivity index (χ1n) is 7.01. The van der Waals surface area contributed by atoms with Gasteiger partial charge >= 0.3 is 0 Å². The second kappa shape index (κ2) is 6.67. The molecule has 6 heteroatoms. The fourth-order valence-electron chi connectivity index (χ4n) is 2.58. The Bertz CT molecular complexity index is 528. The van der Waals surface area contributed by atoms with Gasteiger partial charge < -0.3 is 10.8 Å². The molecule has 1 aromatic carbocycles. The smallest absolute Gasteiger partial charge is 0.243 e. The summed E-state index contributed by atoms with van der Waals surface area (Å²) in [5.41, 5.74) is 6.42. The number of hydrogen-bond donors (Lipinski definition) is 2. The van der Waals surface area contributed by atoms with Crippen molar-refractivity contribution >= 4 is 10.0 Å². The van der Waals surface area contributed by atoms with Crippen LogP contribution in [0.1, 0.15) is 31.2 Å². The second-order valence-electron chi connectivity index (χ2n) is 5.15. The first kappa shape index (κ1) is 15.4. The maximum absolute atomic E-state index is 12.7. The summed E-state index contributed by atoms with van der Waals surface area (Å²) in [6, 6.07) is 6.35. The molecular formula is C14H22N2O3S. The number of rotatable bonds is 4. The summed E-state index contributed by atoms with van der Waals surface area (Å²) in [5.74, 6) is 0. The van der Waals surface area contributed by atoms with Gasteiger partial charge in [-0.25, -0.2) is 8.42 Å². The minimum Gasteiger partial charge on any atom is -0.395 e. The summed E-state index contributed by atoms with van der Waals surface area (Å²) in [6.45, 7) is 0.746. The first-order valence-corrected chi connectivity index (χ1v) is 8.45. The van der Waals surface area contributed by atoms with E-state index in [1.54, 1.807) is 24.3 Å². The van der Waals surface area contributed by atoms with Gasteiger partial charge in [0, 0.05) is 19.1 Å². The first-order chi connectivity index (χ1) is 9.59. The van der Waals surface area contributed by atoms with Crippen LogP contribution in [0.4, 0.5) is 0 Å². The summed E-state index contributed by atoms with van der Waals surface area (Å²) in [5, 5.41) is 9.46. The van der Waals surface area contributed by atoms with Crippen LogP contribution in [0, 0.1) is 0 Å². The van der Waals surface area contributed by atoms with Gasteiger partial charge in [-0.2, -0.15) is 4.31 Å². The molecular weight excluding hydrogens is 276 g/mol. The number of nitrogens with zero attached hydrogens (tertiary/aromatic N) is 1. The fraction of sp³-hybridized carbons (Fsp3) is 0.571. The summed E-state index contributed by atoms with van der Waals surface area (Å²) in [6.07, 6.45) is 3.53. The minimum atomic E-state index is -3.54. The van der Waals surface area contributed by atoms with Crippen LogP contribution in [0.25, 0.3) is 0 Å². The van der Waals surface area contributed by atoms with Gasteiger partial charge in [0.1, 0.15) is 0 Å². The summed E-state index contributed by atoms with van der Waals surface area (Å²) < 4.78 is 26.8. The molecule has 1 aliphatic rings. The van der Waals surface area contributed by atoms with Crippen LogP contribution in [-0.4, -0.2) is 37.0 Å². The van der Waals surface area contributed by atoms with E-state index in [1.807, 2.05) is 0 Å². The Labute approximate surface area is 120 Å². The Hall–Kier alpha value is -0.950. The quantitative estimate of drug-likeness (QED) is 0.871. The van der Waals surface area contributed by atoms with E-state index in [1.165, 1.54) is 4.31 Å². The summed E-state index contributed by atoms with van der Waals surface area (Å²) in [4.78, 5) is 0.273. The lowest BCUT2D eigenvalue weighted by Gasteiger charge is -2.27. The van der Waals surface area contributed by atoms with E-state index in [-0.39, 0.29) is 17.5 Å². The number of sulfonamides is 1. The van der Waals surface area contributed by atoms with Crippen molar-refractivity contribution in [3.63, 3.8) is 0 Å². The van der Waals surface area contributed by atoms with E-state index in [4.69, 9.17) is 5.73 Å². The fourth-order valence-corrected chi connectivity index (χ4v) is 4.27. The number of nitrogens with two attached hydrogens (primary N) is 1. The maximum atomic E-state index is 12.7. The molecule has 1 aliphatic heterocycles. The summed E-state index contributed by atoms with van der Waals surface area (Å²) in [7, 11) is -3.54. The van der Waals surface area contributed by atoms with Gasteiger partial charge in [-0.15, -0.1) is 0 Å². The Morgan fingerprint density at radius 3 is 2.50 bits per heavy atom. The molecule has 1 atom stereocenters. The molecule has 1 unspecified atom stereocenters. The van der Waals surface area contributed by atoms with Crippen LogP contribution in [0.2, 0.25) is 0 Å². The van der Waals surface area contributed by atoms with Crippen LogP contribution >= 0.6 is 0 Å². The van der Waals surface area contributed by atoms with Gasteiger partial charge in [0.05, 0.1) is 11.5 Å². The lowest BCUT2D eigenvalue weighted by Crippen LogP contribution is -2.42. The molecule has 3 N–H and O–H groups in total. The third kappa shape index (κ3) is 3.20. The van der Waals surface area contributed by atoms with Gasteiger partial charge in [0.25, 0.3) is 0 Å². The van der Waals surface area contributed by atoms with Crippen molar-refractivity contribution < 1.29 is 13.5 Å². The molecule has 0 spiro atoms. The maximum Gasteiger partial charge on any atom is 0.243 e. The molecule has 1 aromatic rings. The lowest BCUT2D eigenvalue weighted by atomic mass is 10.1. The van der Waals surface area contributed by atoms with E-state index in [0.717, 1.165) is 31.2 Å². The van der Waals surface area contributed by atoms with Crippen molar-refractivity contribution in [2.45, 2.75) is 43.2 Å². The third-order valence-electron chi connectivity index (χ3n) is 3.80. The van der Waals surface area contributed by atoms with E-state index in [2.05, 4.69) is 0 Å². The van der Waals surface area contributed by atoms with E-state index >= 15 is 0 Å². The van der Waals surface area contributed by atoms with E-state index < -0.39 is 10.0 Å². The highest BCUT2D eigenvalue weighted by molar-refractivity contribution is 7.89. The molecule has 5 nitrogen and oxygen atoms in total. The molecule has 1 fully saturated rings. The molecule has 0 amide bonds. The van der Waals surface area contributed by atoms with Crippen LogP contribution in [-0.2, 0) is 16.6 Å². The highest BCUT2D eigenvalue weighted by Gasteiger charge is 2.31. The van der Waals surface area contributed by atoms with Gasteiger partial charge in [-0.1, -0.05) is 25.0 Å². The van der Waals surface area contributed by atoms with Crippen LogP contribution in [0.3, 0.4) is 0 Å². The Morgan fingerprint density at radius 2 is 1.90 bits per heavy atom. The van der Waals surface area contributed by atoms with Crippen molar-refractivity contribution in [3.8, 4) is 0 Å². The second-order valence-corrected chi connectivity index (χ2v) is 7.04. The van der Waals surface area contributed by atoms with E-state index in [0.29, 0.717) is 13.1 Å². The largest absolute Gasteiger partial charge is 0.395 e. The van der Waals surface area contributed by atoms with Crippen LogP contribution < -0.4 is 5.73 Å². The van der Waals surface area contributed by atoms with Crippen molar-refractivity contribution in [1.29, 1.82) is 0 Å². The van der Waals surface area contributed by atoms with Gasteiger partial charge in [-0.05, 0) is 30.5 Å². The SMILES string of the molecule is NCc1ccc(S(=O)(=O)N2CCCCCC2CO)cc1. The molecule has 1 saturated heterocycles. The number of hydrogen-bond acceptors (Lipinski definition) is 4. The number of aliphatic hydroxyl groups is 1. The molecule has 0 aromatic heterocycles.